The first-order valence-electron chi connectivity index (χ1n) is 4.21. The van der Waals surface area contributed by atoms with E-state index in [4.69, 9.17) is 17.3 Å². The zero-order valence-corrected chi connectivity index (χ0v) is 8.37. The molecule has 0 amide bonds. The van der Waals surface area contributed by atoms with Crippen molar-refractivity contribution >= 4 is 17.5 Å². The predicted octanol–water partition coefficient (Wildman–Crippen LogP) is 2.52. The molecule has 5 heteroatoms. The summed E-state index contributed by atoms with van der Waals surface area (Å²) in [6.45, 7) is 0. The maximum Gasteiger partial charge on any atom is 0.220 e. The first-order valence-corrected chi connectivity index (χ1v) is 4.58. The zero-order chi connectivity index (χ0) is 10.8. The van der Waals surface area contributed by atoms with Crippen LogP contribution in [0, 0.1) is 5.82 Å². The van der Waals surface area contributed by atoms with Crippen molar-refractivity contribution in [3.05, 3.63) is 41.3 Å². The zero-order valence-electron chi connectivity index (χ0n) is 7.61. The van der Waals surface area contributed by atoms with Crippen molar-refractivity contribution in [3.8, 4) is 11.3 Å². The van der Waals surface area contributed by atoms with Crippen molar-refractivity contribution < 1.29 is 4.39 Å². The second-order valence-electron chi connectivity index (χ2n) is 2.93. The fourth-order valence-corrected chi connectivity index (χ4v) is 1.31. The Bertz CT molecular complexity index is 502. The van der Waals surface area contributed by atoms with Crippen LogP contribution in [0.4, 0.5) is 10.3 Å². The van der Waals surface area contributed by atoms with Crippen molar-refractivity contribution in [2.45, 2.75) is 0 Å². The number of anilines is 1. The summed E-state index contributed by atoms with van der Waals surface area (Å²) >= 11 is 5.57. The molecule has 2 aromatic rings. The van der Waals surface area contributed by atoms with E-state index < -0.39 is 5.82 Å². The van der Waals surface area contributed by atoms with Crippen molar-refractivity contribution in [1.29, 1.82) is 0 Å². The van der Waals surface area contributed by atoms with E-state index in [0.717, 1.165) is 0 Å². The van der Waals surface area contributed by atoms with Gasteiger partial charge in [0.05, 0.1) is 10.7 Å². The van der Waals surface area contributed by atoms with Gasteiger partial charge in [-0.3, -0.25) is 0 Å². The molecule has 0 bridgehead atoms. The highest BCUT2D eigenvalue weighted by molar-refractivity contribution is 6.30. The minimum atomic E-state index is -0.480. The topological polar surface area (TPSA) is 51.8 Å². The largest absolute Gasteiger partial charge is 0.368 e. The molecule has 0 saturated heterocycles. The van der Waals surface area contributed by atoms with Crippen LogP contribution in [0.25, 0.3) is 11.3 Å². The number of rotatable bonds is 1. The number of hydrogen-bond donors (Lipinski definition) is 1. The second-order valence-corrected chi connectivity index (χ2v) is 3.34. The average Bonchev–Trinajstić information content (AvgIpc) is 2.22. The Hall–Kier alpha value is -1.68. The third-order valence-electron chi connectivity index (χ3n) is 1.89. The number of nitrogens with two attached hydrogens (primary N) is 1. The molecule has 0 spiro atoms. The lowest BCUT2D eigenvalue weighted by molar-refractivity contribution is 0.628. The van der Waals surface area contributed by atoms with Crippen molar-refractivity contribution in [2.24, 2.45) is 0 Å². The molecule has 1 aromatic carbocycles. The van der Waals surface area contributed by atoms with Gasteiger partial charge >= 0.3 is 0 Å². The van der Waals surface area contributed by atoms with E-state index in [1.165, 1.54) is 18.3 Å². The van der Waals surface area contributed by atoms with Crippen LogP contribution in [-0.4, -0.2) is 9.97 Å². The monoisotopic (exact) mass is 223 g/mol. The van der Waals surface area contributed by atoms with E-state index in [2.05, 4.69) is 9.97 Å². The smallest absolute Gasteiger partial charge is 0.220 e. The molecule has 0 radical (unpaired) electrons. The Morgan fingerprint density at radius 1 is 1.27 bits per heavy atom. The molecule has 2 rings (SSSR count). The first kappa shape index (κ1) is 9.86. The maximum absolute atomic E-state index is 13.2. The van der Waals surface area contributed by atoms with Gasteiger partial charge in [0.15, 0.2) is 0 Å². The second kappa shape index (κ2) is 3.82. The molecule has 2 N–H and O–H groups in total. The lowest BCUT2D eigenvalue weighted by Crippen LogP contribution is -1.95. The lowest BCUT2D eigenvalue weighted by atomic mass is 10.1. The highest BCUT2D eigenvalue weighted by Crippen LogP contribution is 2.22. The van der Waals surface area contributed by atoms with Crippen LogP contribution < -0.4 is 5.73 Å². The molecule has 0 aliphatic rings. The average molecular weight is 224 g/mol. The van der Waals surface area contributed by atoms with Gasteiger partial charge in [0, 0.05) is 11.8 Å². The first-order chi connectivity index (χ1) is 7.16. The molecule has 0 atom stereocenters. The van der Waals surface area contributed by atoms with Gasteiger partial charge in [-0.1, -0.05) is 17.7 Å². The van der Waals surface area contributed by atoms with Gasteiger partial charge in [0.2, 0.25) is 5.95 Å². The van der Waals surface area contributed by atoms with Crippen LogP contribution >= 0.6 is 11.6 Å². The number of nitrogen functional groups attached to an aromatic ring is 1. The fourth-order valence-electron chi connectivity index (χ4n) is 1.19. The minimum absolute atomic E-state index is 0.0841. The van der Waals surface area contributed by atoms with E-state index in [9.17, 15) is 4.39 Å². The third-order valence-corrected chi connectivity index (χ3v) is 2.20. The standard InChI is InChI=1S/C10H7ClFN3/c11-7-2-1-6(5-8(7)12)9-3-4-14-10(13)15-9/h1-5H,(H2,13,14,15). The molecule has 76 valence electrons. The fraction of sp³-hybridized carbons (Fsp3) is 0. The van der Waals surface area contributed by atoms with E-state index in [-0.39, 0.29) is 11.0 Å². The number of hydrogen-bond acceptors (Lipinski definition) is 3. The summed E-state index contributed by atoms with van der Waals surface area (Å²) in [7, 11) is 0. The van der Waals surface area contributed by atoms with Gasteiger partial charge in [0.1, 0.15) is 5.82 Å². The molecule has 15 heavy (non-hydrogen) atoms. The van der Waals surface area contributed by atoms with Crippen molar-refractivity contribution in [3.63, 3.8) is 0 Å². The highest BCUT2D eigenvalue weighted by Gasteiger charge is 2.04. The molecule has 3 nitrogen and oxygen atoms in total. The molecule has 0 unspecified atom stereocenters. The Balaban J connectivity index is 2.50. The van der Waals surface area contributed by atoms with Gasteiger partial charge in [0.25, 0.3) is 0 Å². The number of aromatic nitrogens is 2. The highest BCUT2D eigenvalue weighted by atomic mass is 35.5. The van der Waals surface area contributed by atoms with Crippen molar-refractivity contribution in [1.82, 2.24) is 9.97 Å². The summed E-state index contributed by atoms with van der Waals surface area (Å²) in [6, 6.07) is 6.11. The summed E-state index contributed by atoms with van der Waals surface area (Å²) in [5.41, 5.74) is 6.61. The molecule has 0 saturated carbocycles. The van der Waals surface area contributed by atoms with Crippen LogP contribution in [0.5, 0.6) is 0 Å². The van der Waals surface area contributed by atoms with Crippen LogP contribution in [-0.2, 0) is 0 Å². The van der Waals surface area contributed by atoms with Gasteiger partial charge < -0.3 is 5.73 Å². The molecule has 1 aromatic heterocycles. The van der Waals surface area contributed by atoms with Gasteiger partial charge in [-0.05, 0) is 18.2 Å². The predicted molar refractivity (Wildman–Crippen MR) is 56.8 cm³/mol. The van der Waals surface area contributed by atoms with Crippen LogP contribution in [0.15, 0.2) is 30.5 Å². The SMILES string of the molecule is Nc1nccc(-c2ccc(Cl)c(F)c2)n1. The van der Waals surface area contributed by atoms with Crippen LogP contribution in [0.1, 0.15) is 0 Å². The van der Waals surface area contributed by atoms with Gasteiger partial charge in [-0.25, -0.2) is 14.4 Å². The Labute approximate surface area is 90.7 Å². The third kappa shape index (κ3) is 2.05. The molecule has 0 aliphatic carbocycles. The van der Waals surface area contributed by atoms with E-state index >= 15 is 0 Å². The maximum atomic E-state index is 13.2. The quantitative estimate of drug-likeness (QED) is 0.808. The Morgan fingerprint density at radius 2 is 2.07 bits per heavy atom. The number of benzene rings is 1. The summed E-state index contributed by atoms with van der Waals surface area (Å²) in [5, 5.41) is 0.0841. The van der Waals surface area contributed by atoms with Crippen LogP contribution in [0.2, 0.25) is 5.02 Å². The summed E-state index contributed by atoms with van der Waals surface area (Å²) in [6.07, 6.45) is 1.52. The van der Waals surface area contributed by atoms with Crippen LogP contribution in [0.3, 0.4) is 0 Å². The molecule has 0 aliphatic heterocycles. The summed E-state index contributed by atoms with van der Waals surface area (Å²) in [4.78, 5) is 7.72. The Morgan fingerprint density at radius 3 is 2.73 bits per heavy atom. The van der Waals surface area contributed by atoms with Crippen molar-refractivity contribution in [2.75, 3.05) is 5.73 Å². The molecule has 0 fully saturated rings. The van der Waals surface area contributed by atoms with E-state index in [1.807, 2.05) is 0 Å². The molecule has 1 heterocycles. The minimum Gasteiger partial charge on any atom is -0.368 e. The summed E-state index contributed by atoms with van der Waals surface area (Å²) in [5.74, 6) is -0.325. The number of nitrogens with zero attached hydrogens (tertiary/aromatic N) is 2. The number of halogens is 2. The molecular weight excluding hydrogens is 217 g/mol. The molecular formula is C10H7ClFN3. The van der Waals surface area contributed by atoms with E-state index in [1.54, 1.807) is 12.1 Å². The Kier molecular flexibility index (Phi) is 2.51. The summed E-state index contributed by atoms with van der Waals surface area (Å²) < 4.78 is 13.2. The lowest BCUT2D eigenvalue weighted by Gasteiger charge is -2.02. The van der Waals surface area contributed by atoms with Gasteiger partial charge in [-0.15, -0.1) is 0 Å². The van der Waals surface area contributed by atoms with Gasteiger partial charge in [-0.2, -0.15) is 0 Å². The van der Waals surface area contributed by atoms with E-state index in [0.29, 0.717) is 11.3 Å². The normalized spacial score (nSPS) is 10.3.